The highest BCUT2D eigenvalue weighted by molar-refractivity contribution is 6.30. The van der Waals surface area contributed by atoms with E-state index in [0.29, 0.717) is 18.0 Å². The minimum Gasteiger partial charge on any atom is -0.480 e. The third-order valence-corrected chi connectivity index (χ3v) is 2.95. The number of halogens is 1. The highest BCUT2D eigenvalue weighted by Crippen LogP contribution is 2.09. The summed E-state index contributed by atoms with van der Waals surface area (Å²) in [5.41, 5.74) is 6.07. The van der Waals surface area contributed by atoms with E-state index in [1.54, 1.807) is 12.1 Å². The summed E-state index contributed by atoms with van der Waals surface area (Å²) >= 11 is 5.77. The molecule has 0 radical (unpaired) electrons. The van der Waals surface area contributed by atoms with Crippen LogP contribution in [0.5, 0.6) is 0 Å². The van der Waals surface area contributed by atoms with E-state index in [0.717, 1.165) is 5.56 Å². The van der Waals surface area contributed by atoms with Gasteiger partial charge in [-0.3, -0.25) is 9.59 Å². The topological polar surface area (TPSA) is 92.4 Å². The Morgan fingerprint density at radius 1 is 1.32 bits per heavy atom. The molecule has 0 aliphatic rings. The van der Waals surface area contributed by atoms with Crippen LogP contribution in [-0.4, -0.2) is 29.6 Å². The molecule has 4 N–H and O–H groups in total. The van der Waals surface area contributed by atoms with E-state index in [-0.39, 0.29) is 12.8 Å². The Kier molecular flexibility index (Phi) is 6.32. The first-order valence-corrected chi connectivity index (χ1v) is 6.36. The second-order valence-corrected chi connectivity index (χ2v) is 4.66. The van der Waals surface area contributed by atoms with E-state index in [9.17, 15) is 9.59 Å². The van der Waals surface area contributed by atoms with E-state index in [4.69, 9.17) is 22.4 Å². The number of aliphatic carboxylic acids is 1. The summed E-state index contributed by atoms with van der Waals surface area (Å²) in [7, 11) is 0. The van der Waals surface area contributed by atoms with Crippen LogP contribution in [0.1, 0.15) is 18.4 Å². The number of nitrogens with one attached hydrogen (secondary N) is 1. The van der Waals surface area contributed by atoms with Gasteiger partial charge in [-0.05, 0) is 37.1 Å². The zero-order valence-corrected chi connectivity index (χ0v) is 11.2. The van der Waals surface area contributed by atoms with Crippen molar-refractivity contribution in [2.75, 3.05) is 6.54 Å². The summed E-state index contributed by atoms with van der Waals surface area (Å²) in [6.45, 7) is 0.511. The zero-order chi connectivity index (χ0) is 14.3. The summed E-state index contributed by atoms with van der Waals surface area (Å²) in [5, 5.41) is 12.6. The number of carboxylic acids is 1. The number of hydrogen-bond donors (Lipinski definition) is 3. The van der Waals surface area contributed by atoms with E-state index >= 15 is 0 Å². The van der Waals surface area contributed by atoms with Crippen LogP contribution in [0, 0.1) is 0 Å². The van der Waals surface area contributed by atoms with Crippen LogP contribution in [0.3, 0.4) is 0 Å². The van der Waals surface area contributed by atoms with Crippen LogP contribution >= 0.6 is 11.6 Å². The predicted octanol–water partition coefficient (Wildman–Crippen LogP) is 1.19. The first kappa shape index (κ1) is 15.5. The average molecular weight is 285 g/mol. The molecule has 0 aliphatic carbocycles. The van der Waals surface area contributed by atoms with Crippen molar-refractivity contribution in [3.05, 3.63) is 34.9 Å². The number of nitrogens with two attached hydrogens (primary N) is 1. The van der Waals surface area contributed by atoms with Crippen LogP contribution < -0.4 is 11.1 Å². The third-order valence-electron chi connectivity index (χ3n) is 2.70. The van der Waals surface area contributed by atoms with Gasteiger partial charge in [-0.1, -0.05) is 23.7 Å². The van der Waals surface area contributed by atoms with Gasteiger partial charge in [-0.25, -0.2) is 0 Å². The van der Waals surface area contributed by atoms with E-state index < -0.39 is 17.9 Å². The van der Waals surface area contributed by atoms with Crippen molar-refractivity contribution in [3.63, 3.8) is 0 Å². The lowest BCUT2D eigenvalue weighted by Crippen LogP contribution is -2.38. The normalized spacial score (nSPS) is 12.1. The maximum absolute atomic E-state index is 11.0. The molecule has 0 bridgehead atoms. The first-order valence-electron chi connectivity index (χ1n) is 5.98. The quantitative estimate of drug-likeness (QED) is 0.668. The average Bonchev–Trinajstić information content (AvgIpc) is 2.35. The lowest BCUT2D eigenvalue weighted by Gasteiger charge is -2.13. The smallest absolute Gasteiger partial charge is 0.320 e. The van der Waals surface area contributed by atoms with Crippen LogP contribution in [0.15, 0.2) is 24.3 Å². The fourth-order valence-corrected chi connectivity index (χ4v) is 1.77. The van der Waals surface area contributed by atoms with Gasteiger partial charge in [0.15, 0.2) is 0 Å². The molecule has 0 spiro atoms. The Hall–Kier alpha value is -1.59. The highest BCUT2D eigenvalue weighted by atomic mass is 35.5. The number of hydrogen-bond acceptors (Lipinski definition) is 3. The van der Waals surface area contributed by atoms with Gasteiger partial charge >= 0.3 is 5.97 Å². The molecule has 0 fully saturated rings. The number of primary amides is 1. The van der Waals surface area contributed by atoms with Crippen LogP contribution in [0.2, 0.25) is 5.02 Å². The maximum Gasteiger partial charge on any atom is 0.320 e. The Bertz CT molecular complexity index is 434. The molecule has 0 saturated carbocycles. The van der Waals surface area contributed by atoms with Crippen molar-refractivity contribution in [1.82, 2.24) is 5.32 Å². The minimum atomic E-state index is -0.975. The Morgan fingerprint density at radius 2 is 1.95 bits per heavy atom. The minimum absolute atomic E-state index is 0.0604. The van der Waals surface area contributed by atoms with E-state index in [1.165, 1.54) is 0 Å². The number of rotatable bonds is 8. The standard InChI is InChI=1S/C13H17ClN2O3/c14-10-3-1-9(2-4-10)7-8-16-11(13(18)19)5-6-12(15)17/h1-4,11,16H,5-8H2,(H2,15,17)(H,18,19)/t11-/m0/s1. The zero-order valence-electron chi connectivity index (χ0n) is 10.4. The molecular formula is C13H17ClN2O3. The lowest BCUT2D eigenvalue weighted by molar-refractivity contribution is -0.139. The molecule has 0 aliphatic heterocycles. The molecule has 0 aromatic heterocycles. The van der Waals surface area contributed by atoms with Gasteiger partial charge in [0.05, 0.1) is 0 Å². The summed E-state index contributed by atoms with van der Waals surface area (Å²) < 4.78 is 0. The van der Waals surface area contributed by atoms with Crippen molar-refractivity contribution in [3.8, 4) is 0 Å². The molecule has 0 heterocycles. The molecule has 6 heteroatoms. The van der Waals surface area contributed by atoms with Gasteiger partial charge in [0.25, 0.3) is 0 Å². The summed E-state index contributed by atoms with van der Waals surface area (Å²) in [4.78, 5) is 21.6. The largest absolute Gasteiger partial charge is 0.480 e. The fraction of sp³-hybridized carbons (Fsp3) is 0.385. The van der Waals surface area contributed by atoms with Crippen molar-refractivity contribution in [1.29, 1.82) is 0 Å². The van der Waals surface area contributed by atoms with E-state index in [1.807, 2.05) is 12.1 Å². The highest BCUT2D eigenvalue weighted by Gasteiger charge is 2.16. The van der Waals surface area contributed by atoms with Crippen LogP contribution in [0.25, 0.3) is 0 Å². The lowest BCUT2D eigenvalue weighted by atomic mass is 10.1. The molecule has 1 atom stereocenters. The van der Waals surface area contributed by atoms with Crippen LogP contribution in [-0.2, 0) is 16.0 Å². The summed E-state index contributed by atoms with van der Waals surface area (Å²) in [6, 6.07) is 6.61. The molecule has 1 aromatic rings. The monoisotopic (exact) mass is 284 g/mol. The molecule has 19 heavy (non-hydrogen) atoms. The van der Waals surface area contributed by atoms with Gasteiger partial charge in [-0.2, -0.15) is 0 Å². The third kappa shape index (κ3) is 6.22. The van der Waals surface area contributed by atoms with Crippen molar-refractivity contribution >= 4 is 23.5 Å². The predicted molar refractivity (Wildman–Crippen MR) is 73.0 cm³/mol. The maximum atomic E-state index is 11.0. The van der Waals surface area contributed by atoms with Crippen LogP contribution in [0.4, 0.5) is 0 Å². The van der Waals surface area contributed by atoms with Gasteiger partial charge in [-0.15, -0.1) is 0 Å². The molecule has 0 unspecified atom stereocenters. The Balaban J connectivity index is 2.37. The number of amides is 1. The second-order valence-electron chi connectivity index (χ2n) is 4.23. The molecule has 1 amide bonds. The molecular weight excluding hydrogens is 268 g/mol. The molecule has 5 nitrogen and oxygen atoms in total. The summed E-state index contributed by atoms with van der Waals surface area (Å²) in [6.07, 6.45) is 0.952. The molecule has 1 rings (SSSR count). The number of carboxylic acid groups (broad SMARTS) is 1. The van der Waals surface area contributed by atoms with E-state index in [2.05, 4.69) is 5.32 Å². The van der Waals surface area contributed by atoms with Gasteiger partial charge in [0.2, 0.25) is 5.91 Å². The number of benzene rings is 1. The fourth-order valence-electron chi connectivity index (χ4n) is 1.64. The van der Waals surface area contributed by atoms with Gasteiger partial charge in [0, 0.05) is 11.4 Å². The van der Waals surface area contributed by atoms with Gasteiger partial charge in [0.1, 0.15) is 6.04 Å². The van der Waals surface area contributed by atoms with Crippen molar-refractivity contribution in [2.45, 2.75) is 25.3 Å². The Labute approximate surface area is 116 Å². The first-order chi connectivity index (χ1) is 8.99. The number of carbonyl (C=O) groups excluding carboxylic acids is 1. The van der Waals surface area contributed by atoms with Crippen molar-refractivity contribution < 1.29 is 14.7 Å². The molecule has 1 aromatic carbocycles. The molecule has 104 valence electrons. The number of carbonyl (C=O) groups is 2. The second kappa shape index (κ2) is 7.76. The summed E-state index contributed by atoms with van der Waals surface area (Å²) in [5.74, 6) is -1.47. The SMILES string of the molecule is NC(=O)CC[C@H](NCCc1ccc(Cl)cc1)C(=O)O. The molecule has 0 saturated heterocycles. The van der Waals surface area contributed by atoms with Crippen molar-refractivity contribution in [2.24, 2.45) is 5.73 Å². The van der Waals surface area contributed by atoms with Gasteiger partial charge < -0.3 is 16.2 Å². The Morgan fingerprint density at radius 3 is 2.47 bits per heavy atom.